The van der Waals surface area contributed by atoms with E-state index in [9.17, 15) is 0 Å². The van der Waals surface area contributed by atoms with Crippen LogP contribution in [0.1, 0.15) is 44.4 Å². The van der Waals surface area contributed by atoms with Gasteiger partial charge >= 0.3 is 0 Å². The first-order chi connectivity index (χ1) is 8.74. The molecule has 1 unspecified atom stereocenters. The molecular weight excluding hydrogens is 242 g/mol. The molecule has 1 saturated carbocycles. The highest BCUT2D eigenvalue weighted by Crippen LogP contribution is 2.26. The molecule has 0 bridgehead atoms. The Morgan fingerprint density at radius 3 is 2.83 bits per heavy atom. The van der Waals surface area contributed by atoms with E-state index in [2.05, 4.69) is 36.7 Å². The van der Waals surface area contributed by atoms with Crippen LogP contribution in [0.5, 0.6) is 0 Å². The van der Waals surface area contributed by atoms with Crippen LogP contribution in [-0.4, -0.2) is 18.8 Å². The van der Waals surface area contributed by atoms with Crippen molar-refractivity contribution in [1.82, 2.24) is 5.32 Å². The van der Waals surface area contributed by atoms with Crippen LogP contribution in [0.25, 0.3) is 0 Å². The normalized spacial score (nSPS) is 26.1. The van der Waals surface area contributed by atoms with Crippen molar-refractivity contribution in [1.29, 1.82) is 0 Å². The molecule has 1 atom stereocenters. The molecule has 0 aromatic carbocycles. The lowest BCUT2D eigenvalue weighted by atomic mass is 9.89. The van der Waals surface area contributed by atoms with Gasteiger partial charge in [0, 0.05) is 18.0 Å². The third-order valence-electron chi connectivity index (χ3n) is 3.70. The van der Waals surface area contributed by atoms with Gasteiger partial charge in [-0.05, 0) is 50.0 Å². The topological polar surface area (TPSA) is 21.3 Å². The summed E-state index contributed by atoms with van der Waals surface area (Å²) in [7, 11) is 0. The predicted molar refractivity (Wildman–Crippen MR) is 78.0 cm³/mol. The molecule has 0 radical (unpaired) electrons. The van der Waals surface area contributed by atoms with E-state index in [1.807, 2.05) is 11.3 Å². The largest absolute Gasteiger partial charge is 0.374 e. The highest BCUT2D eigenvalue weighted by atomic mass is 32.1. The van der Waals surface area contributed by atoms with Crippen LogP contribution in [-0.2, 0) is 11.3 Å². The highest BCUT2D eigenvalue weighted by Gasteiger charge is 2.20. The van der Waals surface area contributed by atoms with Crippen LogP contribution in [0.4, 0.5) is 0 Å². The molecule has 18 heavy (non-hydrogen) atoms. The van der Waals surface area contributed by atoms with Gasteiger partial charge in [0.2, 0.25) is 0 Å². The van der Waals surface area contributed by atoms with E-state index in [0.717, 1.165) is 19.0 Å². The first kappa shape index (κ1) is 14.0. The SMILES string of the molecule is CC1CCC(OC(C)CNCc2cccs2)CC1. The molecule has 1 fully saturated rings. The lowest BCUT2D eigenvalue weighted by molar-refractivity contribution is -0.0259. The van der Waals surface area contributed by atoms with Gasteiger partial charge in [-0.15, -0.1) is 11.3 Å². The average molecular weight is 267 g/mol. The van der Waals surface area contributed by atoms with E-state index < -0.39 is 0 Å². The summed E-state index contributed by atoms with van der Waals surface area (Å²) in [6.07, 6.45) is 5.98. The minimum atomic E-state index is 0.323. The number of rotatable bonds is 6. The van der Waals surface area contributed by atoms with Gasteiger partial charge in [0.05, 0.1) is 12.2 Å². The second-order valence-electron chi connectivity index (χ2n) is 5.54. The summed E-state index contributed by atoms with van der Waals surface area (Å²) < 4.78 is 6.10. The molecular formula is C15H25NOS. The maximum Gasteiger partial charge on any atom is 0.0675 e. The Morgan fingerprint density at radius 1 is 1.39 bits per heavy atom. The van der Waals surface area contributed by atoms with E-state index in [-0.39, 0.29) is 0 Å². The van der Waals surface area contributed by atoms with E-state index in [0.29, 0.717) is 12.2 Å². The standard InChI is InChI=1S/C15H25NOS/c1-12-5-7-14(8-6-12)17-13(2)10-16-11-15-4-3-9-18-15/h3-4,9,12-14,16H,5-8,10-11H2,1-2H3. The summed E-state index contributed by atoms with van der Waals surface area (Å²) in [6.45, 7) is 6.44. The van der Waals surface area contributed by atoms with Gasteiger partial charge in [0.25, 0.3) is 0 Å². The molecule has 2 rings (SSSR count). The third-order valence-corrected chi connectivity index (χ3v) is 4.58. The summed E-state index contributed by atoms with van der Waals surface area (Å²) in [5, 5.41) is 5.60. The van der Waals surface area contributed by atoms with Gasteiger partial charge in [-0.2, -0.15) is 0 Å². The van der Waals surface area contributed by atoms with Crippen molar-refractivity contribution in [3.8, 4) is 0 Å². The van der Waals surface area contributed by atoms with Gasteiger partial charge in [-0.1, -0.05) is 13.0 Å². The number of hydrogen-bond acceptors (Lipinski definition) is 3. The van der Waals surface area contributed by atoms with Gasteiger partial charge in [-0.25, -0.2) is 0 Å². The predicted octanol–water partition coefficient (Wildman–Crippen LogP) is 3.82. The fourth-order valence-electron chi connectivity index (χ4n) is 2.55. The molecule has 1 aromatic rings. The summed E-state index contributed by atoms with van der Waals surface area (Å²) >= 11 is 1.81. The molecule has 1 aromatic heterocycles. The maximum atomic E-state index is 6.10. The first-order valence-electron chi connectivity index (χ1n) is 7.12. The quantitative estimate of drug-likeness (QED) is 0.846. The zero-order valence-corrected chi connectivity index (χ0v) is 12.3. The van der Waals surface area contributed by atoms with Crippen LogP contribution >= 0.6 is 11.3 Å². The molecule has 3 heteroatoms. The van der Waals surface area contributed by atoms with Crippen LogP contribution in [0.3, 0.4) is 0 Å². The van der Waals surface area contributed by atoms with Crippen molar-refractivity contribution in [3.05, 3.63) is 22.4 Å². The van der Waals surface area contributed by atoms with Crippen molar-refractivity contribution >= 4 is 11.3 Å². The number of ether oxygens (including phenoxy) is 1. The van der Waals surface area contributed by atoms with Crippen LogP contribution < -0.4 is 5.32 Å². The van der Waals surface area contributed by atoms with Gasteiger partial charge < -0.3 is 10.1 Å². The lowest BCUT2D eigenvalue weighted by Gasteiger charge is -2.29. The molecule has 0 spiro atoms. The Bertz CT molecular complexity index is 317. The summed E-state index contributed by atoms with van der Waals surface area (Å²) in [4.78, 5) is 1.40. The zero-order chi connectivity index (χ0) is 12.8. The lowest BCUT2D eigenvalue weighted by Crippen LogP contribution is -2.31. The Balaban J connectivity index is 1.58. The molecule has 2 nitrogen and oxygen atoms in total. The minimum Gasteiger partial charge on any atom is -0.374 e. The fraction of sp³-hybridized carbons (Fsp3) is 0.733. The van der Waals surface area contributed by atoms with Crippen LogP contribution in [0.2, 0.25) is 0 Å². The van der Waals surface area contributed by atoms with E-state index in [4.69, 9.17) is 4.74 Å². The van der Waals surface area contributed by atoms with Gasteiger partial charge in [0.1, 0.15) is 0 Å². The van der Waals surface area contributed by atoms with Crippen molar-refractivity contribution in [2.24, 2.45) is 5.92 Å². The molecule has 1 N–H and O–H groups in total. The average Bonchev–Trinajstić information content (AvgIpc) is 2.85. The molecule has 1 aliphatic carbocycles. The highest BCUT2D eigenvalue weighted by molar-refractivity contribution is 7.09. The summed E-state index contributed by atoms with van der Waals surface area (Å²) in [5.41, 5.74) is 0. The van der Waals surface area contributed by atoms with Crippen molar-refractivity contribution in [3.63, 3.8) is 0 Å². The molecule has 1 heterocycles. The summed E-state index contributed by atoms with van der Waals surface area (Å²) in [6, 6.07) is 4.27. The number of nitrogens with one attached hydrogen (secondary N) is 1. The van der Waals surface area contributed by atoms with E-state index in [1.165, 1.54) is 30.6 Å². The van der Waals surface area contributed by atoms with Crippen molar-refractivity contribution in [2.45, 2.75) is 58.3 Å². The molecule has 1 aliphatic rings. The maximum absolute atomic E-state index is 6.10. The Labute approximate surface area is 115 Å². The minimum absolute atomic E-state index is 0.323. The Hall–Kier alpha value is -0.380. The monoisotopic (exact) mass is 267 g/mol. The molecule has 0 saturated heterocycles. The smallest absolute Gasteiger partial charge is 0.0675 e. The van der Waals surface area contributed by atoms with Gasteiger partial charge in [0.15, 0.2) is 0 Å². The Kier molecular flexibility index (Phi) is 5.67. The molecule has 0 amide bonds. The molecule has 102 valence electrons. The van der Waals surface area contributed by atoms with Crippen molar-refractivity contribution in [2.75, 3.05) is 6.54 Å². The first-order valence-corrected chi connectivity index (χ1v) is 8.00. The third kappa shape index (κ3) is 4.71. The van der Waals surface area contributed by atoms with Crippen molar-refractivity contribution < 1.29 is 4.74 Å². The molecule has 0 aliphatic heterocycles. The van der Waals surface area contributed by atoms with Crippen LogP contribution in [0, 0.1) is 5.92 Å². The zero-order valence-electron chi connectivity index (χ0n) is 11.5. The number of thiophene rings is 1. The fourth-order valence-corrected chi connectivity index (χ4v) is 3.23. The van der Waals surface area contributed by atoms with Crippen LogP contribution in [0.15, 0.2) is 17.5 Å². The second kappa shape index (κ2) is 7.27. The summed E-state index contributed by atoms with van der Waals surface area (Å²) in [5.74, 6) is 0.900. The van der Waals surface area contributed by atoms with Gasteiger partial charge in [-0.3, -0.25) is 0 Å². The van der Waals surface area contributed by atoms with E-state index in [1.54, 1.807) is 0 Å². The Morgan fingerprint density at radius 2 is 2.17 bits per heavy atom. The second-order valence-corrected chi connectivity index (χ2v) is 6.57. The van der Waals surface area contributed by atoms with E-state index >= 15 is 0 Å². The number of hydrogen-bond donors (Lipinski definition) is 1.